The van der Waals surface area contributed by atoms with Crippen molar-refractivity contribution in [3.8, 4) is 11.5 Å². The third kappa shape index (κ3) is 2.92. The van der Waals surface area contributed by atoms with Gasteiger partial charge in [-0.1, -0.05) is 0 Å². The summed E-state index contributed by atoms with van der Waals surface area (Å²) >= 11 is 0. The minimum atomic E-state index is -0.615. The molecule has 1 aromatic carbocycles. The predicted octanol–water partition coefficient (Wildman–Crippen LogP) is 3.17. The highest BCUT2D eigenvalue weighted by Gasteiger charge is 2.12. The number of hydrogen-bond donors (Lipinski definition) is 1. The number of primary amides is 1. The summed E-state index contributed by atoms with van der Waals surface area (Å²) in [5.41, 5.74) is 15.0. The van der Waals surface area contributed by atoms with Gasteiger partial charge in [-0.2, -0.15) is 0 Å². The summed E-state index contributed by atoms with van der Waals surface area (Å²) in [4.78, 5) is 26.0. The molecule has 0 atom stereocenters. The van der Waals surface area contributed by atoms with E-state index in [-0.39, 0.29) is 11.6 Å². The van der Waals surface area contributed by atoms with Crippen molar-refractivity contribution in [2.45, 2.75) is 6.92 Å². The molecule has 2 N–H and O–H groups in total. The molecule has 118 valence electrons. The molecule has 0 aliphatic rings. The van der Waals surface area contributed by atoms with Crippen molar-refractivity contribution in [3.05, 3.63) is 58.4 Å². The number of amides is 1. The van der Waals surface area contributed by atoms with Crippen LogP contribution in [-0.4, -0.2) is 20.9 Å². The molecule has 0 spiro atoms. The van der Waals surface area contributed by atoms with Crippen LogP contribution in [0.25, 0.3) is 21.3 Å². The number of rotatable bonds is 4. The molecule has 0 aliphatic carbocycles. The number of azide groups is 1. The Hall–Kier alpha value is -3.71. The van der Waals surface area contributed by atoms with E-state index in [1.54, 1.807) is 31.2 Å². The summed E-state index contributed by atoms with van der Waals surface area (Å²) in [7, 11) is 0. The van der Waals surface area contributed by atoms with Gasteiger partial charge in [-0.05, 0) is 41.8 Å². The molecule has 24 heavy (non-hydrogen) atoms. The molecule has 0 fully saturated rings. The lowest BCUT2D eigenvalue weighted by Gasteiger charge is -2.10. The number of pyridine rings is 1. The molecule has 0 radical (unpaired) electrons. The van der Waals surface area contributed by atoms with E-state index in [4.69, 9.17) is 16.0 Å². The van der Waals surface area contributed by atoms with Gasteiger partial charge in [0.2, 0.25) is 5.95 Å². The molecule has 0 saturated carbocycles. The van der Waals surface area contributed by atoms with E-state index in [0.29, 0.717) is 28.0 Å². The Kier molecular flexibility index (Phi) is 3.92. The summed E-state index contributed by atoms with van der Waals surface area (Å²) in [5, 5.41) is 4.08. The van der Waals surface area contributed by atoms with Gasteiger partial charge in [0.15, 0.2) is 0 Å². The topological polar surface area (TPSA) is 140 Å². The van der Waals surface area contributed by atoms with Crippen molar-refractivity contribution in [2.24, 2.45) is 10.8 Å². The second kappa shape index (κ2) is 6.19. The lowest BCUT2D eigenvalue weighted by Crippen LogP contribution is -2.15. The number of nitrogens with zero attached hydrogens (tertiary/aromatic N) is 6. The van der Waals surface area contributed by atoms with Crippen molar-refractivity contribution in [1.82, 2.24) is 15.0 Å². The molecule has 1 amide bonds. The fraction of sp³-hybridized carbons (Fsp3) is 0.0667. The van der Waals surface area contributed by atoms with E-state index in [1.165, 1.54) is 12.4 Å². The first-order valence-electron chi connectivity index (χ1n) is 6.83. The lowest BCUT2D eigenvalue weighted by molar-refractivity contribution is 0.0994. The largest absolute Gasteiger partial charge is 0.457 e. The minimum absolute atomic E-state index is 0.0507. The summed E-state index contributed by atoms with van der Waals surface area (Å²) in [6, 6.07) is 6.81. The van der Waals surface area contributed by atoms with Gasteiger partial charge in [-0.15, -0.1) is 0 Å². The van der Waals surface area contributed by atoms with Gasteiger partial charge in [0.25, 0.3) is 5.91 Å². The standard InChI is InChI=1S/C15H11N7O2/c1-8-12(4-5-18-13(8)14(16)23)24-10-2-3-11-9(6-10)7-19-15(20-11)21-22-17/h2-7H,1H3,(H2,16,23). The van der Waals surface area contributed by atoms with Crippen LogP contribution in [0.2, 0.25) is 0 Å². The molecule has 0 saturated heterocycles. The molecule has 2 aromatic heterocycles. The first-order chi connectivity index (χ1) is 11.6. The third-order valence-corrected chi connectivity index (χ3v) is 3.29. The van der Waals surface area contributed by atoms with Gasteiger partial charge in [0.1, 0.15) is 17.2 Å². The maximum Gasteiger partial charge on any atom is 0.267 e. The van der Waals surface area contributed by atoms with Crippen LogP contribution in [0.5, 0.6) is 11.5 Å². The Balaban J connectivity index is 1.96. The molecule has 0 bridgehead atoms. The SMILES string of the molecule is Cc1c(Oc2ccc3nc(N=[N+]=[N-])ncc3c2)ccnc1C(N)=O. The Bertz CT molecular complexity index is 996. The number of carbonyl (C=O) groups excluding carboxylic acids is 1. The maximum absolute atomic E-state index is 11.3. The van der Waals surface area contributed by atoms with Crippen LogP contribution in [0.4, 0.5) is 5.95 Å². The van der Waals surface area contributed by atoms with E-state index in [1.807, 2.05) is 0 Å². The molecular formula is C15H11N7O2. The van der Waals surface area contributed by atoms with Crippen LogP contribution in [0.1, 0.15) is 16.1 Å². The number of aromatic nitrogens is 3. The quantitative estimate of drug-likeness (QED) is 0.446. The number of hydrogen-bond acceptors (Lipinski definition) is 6. The van der Waals surface area contributed by atoms with Crippen LogP contribution in [0.15, 0.2) is 41.8 Å². The van der Waals surface area contributed by atoms with Crippen LogP contribution in [0.3, 0.4) is 0 Å². The van der Waals surface area contributed by atoms with E-state index >= 15 is 0 Å². The number of nitrogens with two attached hydrogens (primary N) is 1. The van der Waals surface area contributed by atoms with Gasteiger partial charge >= 0.3 is 0 Å². The highest BCUT2D eigenvalue weighted by molar-refractivity contribution is 5.92. The fourth-order valence-electron chi connectivity index (χ4n) is 2.16. The Labute approximate surface area is 135 Å². The minimum Gasteiger partial charge on any atom is -0.457 e. The van der Waals surface area contributed by atoms with Crippen molar-refractivity contribution < 1.29 is 9.53 Å². The van der Waals surface area contributed by atoms with Gasteiger partial charge in [0, 0.05) is 28.3 Å². The van der Waals surface area contributed by atoms with Crippen LogP contribution < -0.4 is 10.5 Å². The van der Waals surface area contributed by atoms with Gasteiger partial charge in [0.05, 0.1) is 5.52 Å². The van der Waals surface area contributed by atoms with Crippen molar-refractivity contribution in [1.29, 1.82) is 0 Å². The highest BCUT2D eigenvalue weighted by atomic mass is 16.5. The number of fused-ring (bicyclic) bond motifs is 1. The molecule has 0 aliphatic heterocycles. The smallest absolute Gasteiger partial charge is 0.267 e. The monoisotopic (exact) mass is 321 g/mol. The summed E-state index contributed by atoms with van der Waals surface area (Å²) < 4.78 is 5.80. The number of ether oxygens (including phenoxy) is 1. The third-order valence-electron chi connectivity index (χ3n) is 3.29. The fourth-order valence-corrected chi connectivity index (χ4v) is 2.16. The first-order valence-corrected chi connectivity index (χ1v) is 6.83. The molecule has 9 nitrogen and oxygen atoms in total. The van der Waals surface area contributed by atoms with Crippen molar-refractivity contribution >= 4 is 22.8 Å². The van der Waals surface area contributed by atoms with Crippen molar-refractivity contribution in [2.75, 3.05) is 0 Å². The predicted molar refractivity (Wildman–Crippen MR) is 85.9 cm³/mol. The zero-order valence-corrected chi connectivity index (χ0v) is 12.5. The summed E-state index contributed by atoms with van der Waals surface area (Å²) in [5.74, 6) is 0.447. The molecule has 9 heteroatoms. The van der Waals surface area contributed by atoms with Crippen molar-refractivity contribution in [3.63, 3.8) is 0 Å². The number of benzene rings is 1. The van der Waals surface area contributed by atoms with E-state index in [2.05, 4.69) is 25.0 Å². The second-order valence-corrected chi connectivity index (χ2v) is 4.83. The molecule has 0 unspecified atom stereocenters. The Morgan fingerprint density at radius 3 is 2.92 bits per heavy atom. The van der Waals surface area contributed by atoms with Crippen LogP contribution in [0, 0.1) is 6.92 Å². The maximum atomic E-state index is 11.3. The normalized spacial score (nSPS) is 10.2. The average Bonchev–Trinajstić information content (AvgIpc) is 2.57. The zero-order valence-electron chi connectivity index (χ0n) is 12.5. The van der Waals surface area contributed by atoms with Gasteiger partial charge in [-0.25, -0.2) is 9.97 Å². The molecular weight excluding hydrogens is 310 g/mol. The number of carbonyl (C=O) groups is 1. The first kappa shape index (κ1) is 15.2. The van der Waals surface area contributed by atoms with Gasteiger partial charge < -0.3 is 10.5 Å². The summed E-state index contributed by atoms with van der Waals surface area (Å²) in [6.07, 6.45) is 2.99. The van der Waals surface area contributed by atoms with E-state index in [0.717, 1.165) is 0 Å². The molecule has 3 rings (SSSR count). The van der Waals surface area contributed by atoms with E-state index < -0.39 is 5.91 Å². The van der Waals surface area contributed by atoms with Crippen LogP contribution >= 0.6 is 0 Å². The summed E-state index contributed by atoms with van der Waals surface area (Å²) in [6.45, 7) is 1.71. The second-order valence-electron chi connectivity index (χ2n) is 4.83. The Morgan fingerprint density at radius 2 is 2.17 bits per heavy atom. The van der Waals surface area contributed by atoms with Crippen LogP contribution in [-0.2, 0) is 0 Å². The molecule has 2 heterocycles. The average molecular weight is 321 g/mol. The van der Waals surface area contributed by atoms with Gasteiger partial charge in [-0.3, -0.25) is 9.78 Å². The Morgan fingerprint density at radius 1 is 1.33 bits per heavy atom. The highest BCUT2D eigenvalue weighted by Crippen LogP contribution is 2.28. The lowest BCUT2D eigenvalue weighted by atomic mass is 10.2. The zero-order chi connectivity index (χ0) is 17.1. The molecule has 3 aromatic rings. The van der Waals surface area contributed by atoms with E-state index in [9.17, 15) is 4.79 Å².